The first kappa shape index (κ1) is 22.1. The van der Waals surface area contributed by atoms with E-state index in [9.17, 15) is 9.59 Å². The third-order valence-electron chi connectivity index (χ3n) is 5.80. The van der Waals surface area contributed by atoms with Crippen molar-refractivity contribution in [1.82, 2.24) is 20.0 Å². The molecule has 0 radical (unpaired) electrons. The third kappa shape index (κ3) is 7.61. The normalized spacial score (nSPS) is 19.0. The molecule has 0 saturated carbocycles. The number of benzene rings is 1. The fourth-order valence-electron chi connectivity index (χ4n) is 3.97. The van der Waals surface area contributed by atoms with Gasteiger partial charge >= 0.3 is 0 Å². The predicted molar refractivity (Wildman–Crippen MR) is 116 cm³/mol. The summed E-state index contributed by atoms with van der Waals surface area (Å²) in [6.45, 7) is 6.75. The van der Waals surface area contributed by atoms with Gasteiger partial charge in [0.15, 0.2) is 0 Å². The lowest BCUT2D eigenvalue weighted by Crippen LogP contribution is -2.52. The molecule has 2 aliphatic rings. The van der Waals surface area contributed by atoms with E-state index in [1.807, 2.05) is 29.2 Å². The van der Waals surface area contributed by atoms with Crippen LogP contribution in [0.5, 0.6) is 0 Å². The van der Waals surface area contributed by atoms with Crippen LogP contribution in [-0.2, 0) is 16.0 Å². The molecule has 2 amide bonds. The minimum atomic E-state index is 0.0630. The number of carbonyl (C=O) groups excluding carboxylic acids is 2. The summed E-state index contributed by atoms with van der Waals surface area (Å²) in [6.07, 6.45) is 5.54. The number of likely N-dealkylation sites (tertiary alicyclic amines) is 1. The molecule has 1 aromatic rings. The first-order valence-corrected chi connectivity index (χ1v) is 11.2. The fourth-order valence-corrected chi connectivity index (χ4v) is 4.10. The van der Waals surface area contributed by atoms with Crippen molar-refractivity contribution in [2.24, 2.45) is 0 Å². The molecule has 0 spiro atoms. The van der Waals surface area contributed by atoms with Gasteiger partial charge in [-0.05, 0) is 37.0 Å². The van der Waals surface area contributed by atoms with Crippen molar-refractivity contribution >= 4 is 23.4 Å². The van der Waals surface area contributed by atoms with Gasteiger partial charge in [0, 0.05) is 50.8 Å². The van der Waals surface area contributed by atoms with E-state index in [0.29, 0.717) is 19.6 Å². The Hall–Kier alpha value is -1.63. The number of carbonyl (C=O) groups is 2. The van der Waals surface area contributed by atoms with Gasteiger partial charge < -0.3 is 10.2 Å². The van der Waals surface area contributed by atoms with Crippen molar-refractivity contribution in [3.63, 3.8) is 0 Å². The van der Waals surface area contributed by atoms with E-state index < -0.39 is 0 Å². The molecule has 0 aromatic heterocycles. The minimum absolute atomic E-state index is 0.0630. The molecule has 0 aliphatic carbocycles. The number of hydrogen-bond donors (Lipinski definition) is 1. The molecule has 2 aliphatic heterocycles. The van der Waals surface area contributed by atoms with E-state index in [1.54, 1.807) is 0 Å². The highest BCUT2D eigenvalue weighted by molar-refractivity contribution is 6.30. The molecule has 1 aromatic carbocycles. The lowest BCUT2D eigenvalue weighted by Gasteiger charge is -2.35. The number of rotatable bonds is 7. The molecular formula is C22H33ClN4O2. The minimum Gasteiger partial charge on any atom is -0.355 e. The summed E-state index contributed by atoms with van der Waals surface area (Å²) < 4.78 is 0. The first-order chi connectivity index (χ1) is 14.1. The summed E-state index contributed by atoms with van der Waals surface area (Å²) in [5.41, 5.74) is 1.16. The Morgan fingerprint density at radius 1 is 0.828 bits per heavy atom. The number of hydrogen-bond acceptors (Lipinski definition) is 4. The van der Waals surface area contributed by atoms with Gasteiger partial charge in [-0.15, -0.1) is 0 Å². The van der Waals surface area contributed by atoms with Crippen LogP contribution in [0.1, 0.15) is 31.2 Å². The lowest BCUT2D eigenvalue weighted by molar-refractivity contribution is -0.133. The zero-order valence-electron chi connectivity index (χ0n) is 17.2. The second kappa shape index (κ2) is 11.5. The second-order valence-electron chi connectivity index (χ2n) is 8.07. The van der Waals surface area contributed by atoms with E-state index in [2.05, 4.69) is 15.1 Å². The van der Waals surface area contributed by atoms with Gasteiger partial charge in [0.1, 0.15) is 0 Å². The second-order valence-corrected chi connectivity index (χ2v) is 8.51. The molecule has 2 saturated heterocycles. The summed E-state index contributed by atoms with van der Waals surface area (Å²) >= 11 is 5.89. The average Bonchev–Trinajstić information content (AvgIpc) is 3.01. The maximum absolute atomic E-state index is 12.5. The van der Waals surface area contributed by atoms with Crippen LogP contribution in [0.2, 0.25) is 5.02 Å². The van der Waals surface area contributed by atoms with Crippen LogP contribution in [0.15, 0.2) is 24.3 Å². The summed E-state index contributed by atoms with van der Waals surface area (Å²) in [7, 11) is 0. The topological polar surface area (TPSA) is 55.9 Å². The maximum atomic E-state index is 12.5. The molecule has 6 nitrogen and oxygen atoms in total. The molecule has 29 heavy (non-hydrogen) atoms. The van der Waals surface area contributed by atoms with Crippen LogP contribution in [0.4, 0.5) is 0 Å². The molecule has 0 atom stereocenters. The van der Waals surface area contributed by atoms with Crippen molar-refractivity contribution in [1.29, 1.82) is 0 Å². The Kier molecular flexibility index (Phi) is 8.77. The Morgan fingerprint density at radius 2 is 1.41 bits per heavy atom. The van der Waals surface area contributed by atoms with Crippen LogP contribution in [0.3, 0.4) is 0 Å². The number of amides is 2. The Labute approximate surface area is 179 Å². The highest BCUT2D eigenvalue weighted by atomic mass is 35.5. The van der Waals surface area contributed by atoms with Crippen LogP contribution in [0.25, 0.3) is 0 Å². The number of piperazine rings is 1. The van der Waals surface area contributed by atoms with E-state index in [1.165, 1.54) is 12.8 Å². The van der Waals surface area contributed by atoms with Crippen molar-refractivity contribution in [3.8, 4) is 0 Å². The van der Waals surface area contributed by atoms with E-state index in [-0.39, 0.29) is 11.8 Å². The molecular weight excluding hydrogens is 388 g/mol. The fraction of sp³-hybridized carbons (Fsp3) is 0.636. The molecule has 2 fully saturated rings. The SMILES string of the molecule is O=C(CN1CCN(CC(=O)N2CCCCCC2)CC1)NCCc1ccc(Cl)cc1. The molecule has 2 heterocycles. The highest BCUT2D eigenvalue weighted by Gasteiger charge is 2.23. The summed E-state index contributed by atoms with van der Waals surface area (Å²) in [4.78, 5) is 31.2. The molecule has 160 valence electrons. The number of nitrogens with zero attached hydrogens (tertiary/aromatic N) is 3. The number of halogens is 1. The van der Waals surface area contributed by atoms with E-state index in [4.69, 9.17) is 11.6 Å². The third-order valence-corrected chi connectivity index (χ3v) is 6.05. The maximum Gasteiger partial charge on any atom is 0.236 e. The van der Waals surface area contributed by atoms with E-state index in [0.717, 1.165) is 69.1 Å². The monoisotopic (exact) mass is 420 g/mol. The Balaban J connectivity index is 1.30. The average molecular weight is 421 g/mol. The van der Waals surface area contributed by atoms with Gasteiger partial charge in [-0.1, -0.05) is 36.6 Å². The molecule has 0 bridgehead atoms. The Bertz CT molecular complexity index is 651. The molecule has 1 N–H and O–H groups in total. The van der Waals surface area contributed by atoms with Gasteiger partial charge in [0.05, 0.1) is 13.1 Å². The summed E-state index contributed by atoms with van der Waals surface area (Å²) in [5, 5.41) is 3.72. The zero-order valence-corrected chi connectivity index (χ0v) is 18.0. The van der Waals surface area contributed by atoms with Crippen molar-refractivity contribution in [2.75, 3.05) is 58.9 Å². The van der Waals surface area contributed by atoms with Gasteiger partial charge in [0.25, 0.3) is 0 Å². The van der Waals surface area contributed by atoms with Gasteiger partial charge in [-0.2, -0.15) is 0 Å². The van der Waals surface area contributed by atoms with Gasteiger partial charge in [0.2, 0.25) is 11.8 Å². The van der Waals surface area contributed by atoms with E-state index >= 15 is 0 Å². The quantitative estimate of drug-likeness (QED) is 0.733. The smallest absolute Gasteiger partial charge is 0.236 e. The Morgan fingerprint density at radius 3 is 2.03 bits per heavy atom. The molecule has 3 rings (SSSR count). The van der Waals surface area contributed by atoms with Crippen LogP contribution in [-0.4, -0.2) is 85.4 Å². The largest absolute Gasteiger partial charge is 0.355 e. The standard InChI is InChI=1S/C22H33ClN4O2/c23-20-7-5-19(6-8-20)9-10-24-21(28)17-25-13-15-26(16-14-25)18-22(29)27-11-3-1-2-4-12-27/h5-8H,1-4,9-18H2,(H,24,28). The summed E-state index contributed by atoms with van der Waals surface area (Å²) in [6, 6.07) is 7.72. The zero-order chi connectivity index (χ0) is 20.5. The van der Waals surface area contributed by atoms with Crippen LogP contribution in [0, 0.1) is 0 Å². The molecule has 0 unspecified atom stereocenters. The van der Waals surface area contributed by atoms with Crippen LogP contribution >= 0.6 is 11.6 Å². The van der Waals surface area contributed by atoms with Crippen molar-refractivity contribution in [2.45, 2.75) is 32.1 Å². The van der Waals surface area contributed by atoms with Gasteiger partial charge in [-0.25, -0.2) is 0 Å². The van der Waals surface area contributed by atoms with Gasteiger partial charge in [-0.3, -0.25) is 19.4 Å². The molecule has 7 heteroatoms. The highest BCUT2D eigenvalue weighted by Crippen LogP contribution is 2.11. The van der Waals surface area contributed by atoms with Crippen LogP contribution < -0.4 is 5.32 Å². The number of nitrogens with one attached hydrogen (secondary N) is 1. The first-order valence-electron chi connectivity index (χ1n) is 10.8. The predicted octanol–water partition coefficient (Wildman–Crippen LogP) is 2.02. The lowest BCUT2D eigenvalue weighted by atomic mass is 10.1. The summed E-state index contributed by atoms with van der Waals surface area (Å²) in [5.74, 6) is 0.327. The van der Waals surface area contributed by atoms with Crippen molar-refractivity contribution in [3.05, 3.63) is 34.9 Å². The van der Waals surface area contributed by atoms with Crippen molar-refractivity contribution < 1.29 is 9.59 Å².